The van der Waals surface area contributed by atoms with Gasteiger partial charge in [-0.15, -0.1) is 0 Å². The minimum atomic E-state index is -0.316. The lowest BCUT2D eigenvalue weighted by Gasteiger charge is -2.19. The molecule has 1 fully saturated rings. The van der Waals surface area contributed by atoms with Crippen LogP contribution < -0.4 is 11.0 Å². The Kier molecular flexibility index (Phi) is 2.98. The van der Waals surface area contributed by atoms with E-state index in [-0.39, 0.29) is 24.4 Å². The SMILES string of the molecule is CC1CC(CO)OC1c1cc2ccc(=O)nc3c2n1NC=N3. The van der Waals surface area contributed by atoms with Gasteiger partial charge >= 0.3 is 0 Å². The summed E-state index contributed by atoms with van der Waals surface area (Å²) < 4.78 is 7.82. The fraction of sp³-hybridized carbons (Fsp3) is 0.400. The number of hydrogen-bond acceptors (Lipinski definition) is 6. The molecule has 2 aliphatic rings. The van der Waals surface area contributed by atoms with Crippen molar-refractivity contribution in [3.05, 3.63) is 34.2 Å². The van der Waals surface area contributed by atoms with Crippen LogP contribution in [0.4, 0.5) is 5.82 Å². The van der Waals surface area contributed by atoms with Gasteiger partial charge in [-0.05, 0) is 24.5 Å². The van der Waals surface area contributed by atoms with Gasteiger partial charge in [-0.2, -0.15) is 4.98 Å². The Labute approximate surface area is 126 Å². The maximum absolute atomic E-state index is 11.6. The molecule has 1 saturated heterocycles. The van der Waals surface area contributed by atoms with E-state index in [0.29, 0.717) is 11.7 Å². The van der Waals surface area contributed by atoms with E-state index < -0.39 is 0 Å². The largest absolute Gasteiger partial charge is 0.394 e. The van der Waals surface area contributed by atoms with Crippen molar-refractivity contribution in [2.45, 2.75) is 25.6 Å². The van der Waals surface area contributed by atoms with Crippen LogP contribution in [-0.2, 0) is 4.74 Å². The van der Waals surface area contributed by atoms with Gasteiger partial charge in [-0.25, -0.2) is 4.99 Å². The van der Waals surface area contributed by atoms with Crippen molar-refractivity contribution in [1.82, 2.24) is 9.66 Å². The number of ether oxygens (including phenoxy) is 1. The van der Waals surface area contributed by atoms with Gasteiger partial charge in [0.2, 0.25) is 0 Å². The Hall–Kier alpha value is -2.25. The molecule has 0 bridgehead atoms. The molecule has 0 saturated carbocycles. The lowest BCUT2D eigenvalue weighted by molar-refractivity contribution is 0.00250. The van der Waals surface area contributed by atoms with Gasteiger partial charge in [-0.1, -0.05) is 6.92 Å². The molecule has 0 spiro atoms. The van der Waals surface area contributed by atoms with Crippen LogP contribution in [0.15, 0.2) is 28.0 Å². The molecule has 7 heteroatoms. The number of aliphatic hydroxyl groups is 1. The summed E-state index contributed by atoms with van der Waals surface area (Å²) in [5, 5.41) is 10.2. The molecule has 2 aliphatic heterocycles. The second kappa shape index (κ2) is 4.89. The van der Waals surface area contributed by atoms with Crippen molar-refractivity contribution in [1.29, 1.82) is 0 Å². The third-order valence-electron chi connectivity index (χ3n) is 4.25. The molecule has 0 amide bonds. The third kappa shape index (κ3) is 1.93. The van der Waals surface area contributed by atoms with E-state index >= 15 is 0 Å². The second-order valence-corrected chi connectivity index (χ2v) is 5.78. The average molecular weight is 300 g/mol. The number of aliphatic imine (C=N–C) groups is 1. The van der Waals surface area contributed by atoms with Crippen LogP contribution in [0.2, 0.25) is 0 Å². The highest BCUT2D eigenvalue weighted by Gasteiger charge is 2.35. The first-order valence-corrected chi connectivity index (χ1v) is 7.29. The van der Waals surface area contributed by atoms with Crippen LogP contribution in [0.5, 0.6) is 0 Å². The second-order valence-electron chi connectivity index (χ2n) is 5.78. The van der Waals surface area contributed by atoms with Crippen molar-refractivity contribution < 1.29 is 9.84 Å². The lowest BCUT2D eigenvalue weighted by Crippen LogP contribution is -2.21. The Morgan fingerprint density at radius 1 is 1.50 bits per heavy atom. The standard InChI is InChI=1S/C15H16N4O3/c1-8-4-10(6-20)22-14(8)11-5-9-2-3-12(21)18-15-13(9)19(11)17-7-16-15/h2-3,5,7-8,10,14,20H,4,6H2,1H3,(H,16,17,18,21). The van der Waals surface area contributed by atoms with Crippen LogP contribution >= 0.6 is 0 Å². The first kappa shape index (κ1) is 13.4. The summed E-state index contributed by atoms with van der Waals surface area (Å²) >= 11 is 0. The molecule has 7 nitrogen and oxygen atoms in total. The normalized spacial score (nSPS) is 26.4. The molecule has 2 aromatic rings. The number of nitrogens with one attached hydrogen (secondary N) is 1. The van der Waals surface area contributed by atoms with Crippen molar-refractivity contribution in [3.63, 3.8) is 0 Å². The number of aromatic nitrogens is 2. The number of hydrogen-bond donors (Lipinski definition) is 2. The van der Waals surface area contributed by atoms with Crippen LogP contribution in [-0.4, -0.2) is 33.8 Å². The van der Waals surface area contributed by atoms with Gasteiger partial charge in [0.15, 0.2) is 5.82 Å². The molecule has 4 rings (SSSR count). The van der Waals surface area contributed by atoms with E-state index in [1.165, 1.54) is 12.4 Å². The monoisotopic (exact) mass is 300 g/mol. The van der Waals surface area contributed by atoms with Crippen molar-refractivity contribution in [3.8, 4) is 0 Å². The molecular formula is C15H16N4O3. The summed E-state index contributed by atoms with van der Waals surface area (Å²) in [6.07, 6.45) is 2.08. The predicted molar refractivity (Wildman–Crippen MR) is 82.0 cm³/mol. The molecular weight excluding hydrogens is 284 g/mol. The lowest BCUT2D eigenvalue weighted by atomic mass is 9.99. The highest BCUT2D eigenvalue weighted by molar-refractivity contribution is 5.93. The smallest absolute Gasteiger partial charge is 0.271 e. The minimum absolute atomic E-state index is 0.0251. The number of aliphatic hydroxyl groups excluding tert-OH is 1. The van der Waals surface area contributed by atoms with E-state index in [1.54, 1.807) is 6.07 Å². The maximum atomic E-state index is 11.6. The van der Waals surface area contributed by atoms with Crippen LogP contribution in [0, 0.1) is 5.92 Å². The molecule has 3 unspecified atom stereocenters. The summed E-state index contributed by atoms with van der Waals surface area (Å²) in [5.74, 6) is 0.693. The highest BCUT2D eigenvalue weighted by Crippen LogP contribution is 2.40. The molecule has 2 N–H and O–H groups in total. The Balaban J connectivity index is 1.90. The van der Waals surface area contributed by atoms with Gasteiger partial charge < -0.3 is 9.84 Å². The molecule has 114 valence electrons. The summed E-state index contributed by atoms with van der Waals surface area (Å²) in [5.41, 5.74) is 4.48. The molecule has 3 atom stereocenters. The molecule has 0 radical (unpaired) electrons. The van der Waals surface area contributed by atoms with Gasteiger partial charge in [0.05, 0.1) is 18.4 Å². The third-order valence-corrected chi connectivity index (χ3v) is 4.25. The van der Waals surface area contributed by atoms with Crippen LogP contribution in [0.1, 0.15) is 25.1 Å². The van der Waals surface area contributed by atoms with Gasteiger partial charge in [0.25, 0.3) is 5.56 Å². The number of rotatable bonds is 2. The highest BCUT2D eigenvalue weighted by atomic mass is 16.5. The van der Waals surface area contributed by atoms with E-state index in [0.717, 1.165) is 23.0 Å². The zero-order chi connectivity index (χ0) is 15.3. The fourth-order valence-electron chi connectivity index (χ4n) is 3.26. The Morgan fingerprint density at radius 3 is 3.14 bits per heavy atom. The summed E-state index contributed by atoms with van der Waals surface area (Å²) in [6.45, 7) is 2.13. The average Bonchev–Trinajstić information content (AvgIpc) is 3.01. The van der Waals surface area contributed by atoms with Crippen molar-refractivity contribution in [2.75, 3.05) is 12.0 Å². The van der Waals surface area contributed by atoms with Gasteiger partial charge in [0, 0.05) is 11.5 Å². The summed E-state index contributed by atoms with van der Waals surface area (Å²) in [6, 6.07) is 5.18. The van der Waals surface area contributed by atoms with E-state index in [1.807, 2.05) is 10.7 Å². The Morgan fingerprint density at radius 2 is 2.36 bits per heavy atom. The zero-order valence-corrected chi connectivity index (χ0v) is 12.1. The summed E-state index contributed by atoms with van der Waals surface area (Å²) in [4.78, 5) is 19.7. The first-order valence-electron chi connectivity index (χ1n) is 7.29. The molecule has 0 aliphatic carbocycles. The van der Waals surface area contributed by atoms with Gasteiger partial charge in [0.1, 0.15) is 18.0 Å². The van der Waals surface area contributed by atoms with Crippen LogP contribution in [0.25, 0.3) is 10.9 Å². The maximum Gasteiger partial charge on any atom is 0.271 e. The fourth-order valence-corrected chi connectivity index (χ4v) is 3.26. The van der Waals surface area contributed by atoms with Crippen molar-refractivity contribution >= 4 is 23.1 Å². The Bertz CT molecular complexity index is 829. The topological polar surface area (TPSA) is 88.7 Å². The zero-order valence-electron chi connectivity index (χ0n) is 12.1. The van der Waals surface area contributed by atoms with E-state index in [9.17, 15) is 9.90 Å². The van der Waals surface area contributed by atoms with Crippen molar-refractivity contribution in [2.24, 2.45) is 10.9 Å². The van der Waals surface area contributed by atoms with Crippen LogP contribution in [0.3, 0.4) is 0 Å². The predicted octanol–water partition coefficient (Wildman–Crippen LogP) is 1.07. The molecule has 22 heavy (non-hydrogen) atoms. The number of nitrogens with zero attached hydrogens (tertiary/aromatic N) is 3. The first-order chi connectivity index (χ1) is 10.7. The molecule has 2 aromatic heterocycles. The van der Waals surface area contributed by atoms with E-state index in [4.69, 9.17) is 4.74 Å². The quantitative estimate of drug-likeness (QED) is 0.866. The van der Waals surface area contributed by atoms with E-state index in [2.05, 4.69) is 22.3 Å². The van der Waals surface area contributed by atoms with Gasteiger partial charge in [-0.3, -0.25) is 14.9 Å². The molecule has 0 aromatic carbocycles. The minimum Gasteiger partial charge on any atom is -0.394 e. The summed E-state index contributed by atoms with van der Waals surface area (Å²) in [7, 11) is 0. The molecule has 4 heterocycles.